The molecule has 0 bridgehead atoms. The largest absolute Gasteiger partial charge is 0.493 e. The van der Waals surface area contributed by atoms with E-state index in [-0.39, 0.29) is 6.10 Å². The maximum absolute atomic E-state index is 13.7. The summed E-state index contributed by atoms with van der Waals surface area (Å²) < 4.78 is 24.7. The van der Waals surface area contributed by atoms with Gasteiger partial charge in [-0.1, -0.05) is 0 Å². The Morgan fingerprint density at radius 3 is 2.74 bits per heavy atom. The summed E-state index contributed by atoms with van der Waals surface area (Å²) in [4.78, 5) is 0. The molecular weight excluding hydrogens is 249 g/mol. The van der Waals surface area contributed by atoms with Crippen molar-refractivity contribution in [2.24, 2.45) is 0 Å². The zero-order chi connectivity index (χ0) is 13.4. The first-order chi connectivity index (χ1) is 9.19. The first kappa shape index (κ1) is 11.8. The highest BCUT2D eigenvalue weighted by Gasteiger charge is 2.27. The van der Waals surface area contributed by atoms with Gasteiger partial charge in [-0.3, -0.25) is 5.10 Å². The molecule has 2 aromatic rings. The van der Waals surface area contributed by atoms with E-state index >= 15 is 0 Å². The molecular formula is C13H14FN3O2. The van der Waals surface area contributed by atoms with Crippen LogP contribution in [0, 0.1) is 5.82 Å². The van der Waals surface area contributed by atoms with E-state index in [2.05, 4.69) is 10.2 Å². The summed E-state index contributed by atoms with van der Waals surface area (Å²) in [7, 11) is 1.48. The van der Waals surface area contributed by atoms with E-state index in [1.165, 1.54) is 19.2 Å². The van der Waals surface area contributed by atoms with Gasteiger partial charge in [-0.25, -0.2) is 4.39 Å². The number of rotatable bonds is 4. The van der Waals surface area contributed by atoms with Gasteiger partial charge in [0.25, 0.3) is 0 Å². The van der Waals surface area contributed by atoms with Crippen molar-refractivity contribution in [2.45, 2.75) is 18.9 Å². The van der Waals surface area contributed by atoms with Crippen molar-refractivity contribution < 1.29 is 13.9 Å². The predicted molar refractivity (Wildman–Crippen MR) is 68.6 cm³/mol. The molecule has 1 fully saturated rings. The van der Waals surface area contributed by atoms with E-state index in [9.17, 15) is 4.39 Å². The molecule has 0 atom stereocenters. The molecule has 0 radical (unpaired) electrons. The number of H-pyrrole nitrogens is 1. The molecule has 1 aliphatic carbocycles. The molecule has 1 aliphatic rings. The molecule has 3 N–H and O–H groups in total. The Morgan fingerprint density at radius 1 is 1.37 bits per heavy atom. The zero-order valence-electron chi connectivity index (χ0n) is 10.4. The summed E-state index contributed by atoms with van der Waals surface area (Å²) >= 11 is 0. The maximum atomic E-state index is 13.7. The van der Waals surface area contributed by atoms with Crippen LogP contribution in [0.2, 0.25) is 0 Å². The van der Waals surface area contributed by atoms with Crippen LogP contribution in [0.1, 0.15) is 12.8 Å². The van der Waals surface area contributed by atoms with E-state index in [1.807, 2.05) is 0 Å². The van der Waals surface area contributed by atoms with E-state index < -0.39 is 5.82 Å². The first-order valence-electron chi connectivity index (χ1n) is 6.02. The normalized spacial score (nSPS) is 14.4. The van der Waals surface area contributed by atoms with Crippen molar-refractivity contribution in [3.05, 3.63) is 24.1 Å². The monoisotopic (exact) mass is 263 g/mol. The number of nitrogens with one attached hydrogen (secondary N) is 1. The van der Waals surface area contributed by atoms with Crippen LogP contribution in [-0.4, -0.2) is 23.4 Å². The van der Waals surface area contributed by atoms with Crippen LogP contribution in [0.15, 0.2) is 18.3 Å². The number of nitrogen functional groups attached to an aromatic ring is 1. The average molecular weight is 263 g/mol. The number of nitrogens with two attached hydrogens (primary N) is 1. The third-order valence-electron chi connectivity index (χ3n) is 3.01. The Bertz CT molecular complexity index is 608. The van der Waals surface area contributed by atoms with Crippen molar-refractivity contribution in [1.29, 1.82) is 0 Å². The second-order valence-electron chi connectivity index (χ2n) is 4.50. The lowest BCUT2D eigenvalue weighted by molar-refractivity contribution is 0.282. The lowest BCUT2D eigenvalue weighted by Crippen LogP contribution is -2.02. The van der Waals surface area contributed by atoms with Gasteiger partial charge >= 0.3 is 0 Å². The predicted octanol–water partition coefficient (Wildman–Crippen LogP) is 2.35. The molecule has 0 amide bonds. The lowest BCUT2D eigenvalue weighted by Gasteiger charge is -2.14. The lowest BCUT2D eigenvalue weighted by atomic mass is 10.1. The minimum atomic E-state index is -0.407. The number of hydrogen-bond donors (Lipinski definition) is 2. The van der Waals surface area contributed by atoms with E-state index in [4.69, 9.17) is 15.2 Å². The molecule has 5 nitrogen and oxygen atoms in total. The molecule has 0 saturated heterocycles. The number of anilines is 1. The number of ether oxygens (including phenoxy) is 2. The Morgan fingerprint density at radius 2 is 2.16 bits per heavy atom. The zero-order valence-corrected chi connectivity index (χ0v) is 10.4. The minimum absolute atomic E-state index is 0.172. The summed E-state index contributed by atoms with van der Waals surface area (Å²) in [5.74, 6) is 0.839. The van der Waals surface area contributed by atoms with Gasteiger partial charge in [0.1, 0.15) is 11.6 Å². The quantitative estimate of drug-likeness (QED) is 0.888. The standard InChI is InChI=1S/C13H14FN3O2/c1-18-11-5-7(14)4-9(10-6-16-17-13(10)15)12(11)19-8-2-3-8/h4-6,8H,2-3H2,1H3,(H3,15,16,17). The van der Waals surface area contributed by atoms with Gasteiger partial charge in [-0.2, -0.15) is 5.10 Å². The molecule has 1 saturated carbocycles. The molecule has 1 heterocycles. The number of benzene rings is 1. The van der Waals surface area contributed by atoms with Gasteiger partial charge in [0.2, 0.25) is 0 Å². The van der Waals surface area contributed by atoms with Gasteiger partial charge in [0, 0.05) is 17.2 Å². The SMILES string of the molecule is COc1cc(F)cc(-c2cn[nH]c2N)c1OC1CC1. The van der Waals surface area contributed by atoms with Gasteiger partial charge < -0.3 is 15.2 Å². The molecule has 6 heteroatoms. The average Bonchev–Trinajstić information content (AvgIpc) is 3.11. The number of nitrogens with zero attached hydrogens (tertiary/aromatic N) is 1. The highest BCUT2D eigenvalue weighted by Crippen LogP contribution is 2.43. The van der Waals surface area contributed by atoms with Crippen molar-refractivity contribution in [2.75, 3.05) is 12.8 Å². The highest BCUT2D eigenvalue weighted by molar-refractivity contribution is 5.80. The number of methoxy groups -OCH3 is 1. The van der Waals surface area contributed by atoms with Crippen molar-refractivity contribution in [1.82, 2.24) is 10.2 Å². The fraction of sp³-hybridized carbons (Fsp3) is 0.308. The number of hydrogen-bond acceptors (Lipinski definition) is 4. The summed E-state index contributed by atoms with van der Waals surface area (Å²) in [6.45, 7) is 0. The molecule has 19 heavy (non-hydrogen) atoms. The van der Waals surface area contributed by atoms with E-state index in [0.29, 0.717) is 28.4 Å². The molecule has 0 spiro atoms. The summed E-state index contributed by atoms with van der Waals surface area (Å²) in [6, 6.07) is 2.68. The Kier molecular flexibility index (Phi) is 2.77. The van der Waals surface area contributed by atoms with Crippen molar-refractivity contribution in [3.63, 3.8) is 0 Å². The fourth-order valence-corrected chi connectivity index (χ4v) is 1.91. The second-order valence-corrected chi connectivity index (χ2v) is 4.50. The van der Waals surface area contributed by atoms with Crippen LogP contribution >= 0.6 is 0 Å². The van der Waals surface area contributed by atoms with Crippen LogP contribution in [0.5, 0.6) is 11.5 Å². The topological polar surface area (TPSA) is 73.2 Å². The molecule has 1 aromatic heterocycles. The Balaban J connectivity index is 2.14. The molecule has 0 unspecified atom stereocenters. The van der Waals surface area contributed by atoms with Gasteiger partial charge in [-0.05, 0) is 18.9 Å². The molecule has 100 valence electrons. The summed E-state index contributed by atoms with van der Waals surface area (Å²) in [5, 5.41) is 6.48. The molecule has 1 aromatic carbocycles. The van der Waals surface area contributed by atoms with Crippen LogP contribution in [-0.2, 0) is 0 Å². The van der Waals surface area contributed by atoms with Gasteiger partial charge in [-0.15, -0.1) is 0 Å². The minimum Gasteiger partial charge on any atom is -0.493 e. The van der Waals surface area contributed by atoms with E-state index in [0.717, 1.165) is 12.8 Å². The Hall–Kier alpha value is -2.24. The third kappa shape index (κ3) is 2.21. The number of halogens is 1. The van der Waals surface area contributed by atoms with Gasteiger partial charge in [0.05, 0.1) is 19.4 Å². The third-order valence-corrected chi connectivity index (χ3v) is 3.01. The van der Waals surface area contributed by atoms with Crippen LogP contribution < -0.4 is 15.2 Å². The fourth-order valence-electron chi connectivity index (χ4n) is 1.91. The number of aromatic amines is 1. The van der Waals surface area contributed by atoms with Gasteiger partial charge in [0.15, 0.2) is 11.5 Å². The van der Waals surface area contributed by atoms with Crippen LogP contribution in [0.3, 0.4) is 0 Å². The van der Waals surface area contributed by atoms with Crippen molar-refractivity contribution >= 4 is 5.82 Å². The first-order valence-corrected chi connectivity index (χ1v) is 6.02. The summed E-state index contributed by atoms with van der Waals surface area (Å²) in [5.41, 5.74) is 6.95. The Labute approximate surface area is 109 Å². The van der Waals surface area contributed by atoms with Crippen LogP contribution in [0.4, 0.5) is 10.2 Å². The molecule has 3 rings (SSSR count). The van der Waals surface area contributed by atoms with Crippen molar-refractivity contribution in [3.8, 4) is 22.6 Å². The molecule has 0 aliphatic heterocycles. The number of aromatic nitrogens is 2. The van der Waals surface area contributed by atoms with E-state index in [1.54, 1.807) is 6.20 Å². The van der Waals surface area contributed by atoms with Crippen LogP contribution in [0.25, 0.3) is 11.1 Å². The maximum Gasteiger partial charge on any atom is 0.169 e. The second kappa shape index (κ2) is 4.46. The highest BCUT2D eigenvalue weighted by atomic mass is 19.1. The summed E-state index contributed by atoms with van der Waals surface area (Å²) in [6.07, 6.45) is 3.72. The smallest absolute Gasteiger partial charge is 0.169 e.